The third kappa shape index (κ3) is 3.04. The number of aryl methyl sites for hydroxylation is 1. The lowest BCUT2D eigenvalue weighted by Crippen LogP contribution is -1.94. The lowest BCUT2D eigenvalue weighted by molar-refractivity contribution is 0.508. The first kappa shape index (κ1) is 16.2. The van der Waals surface area contributed by atoms with Crippen molar-refractivity contribution in [1.82, 2.24) is 0 Å². The predicted octanol–water partition coefficient (Wildman–Crippen LogP) is 6.14. The first-order valence-electron chi connectivity index (χ1n) is 7.53. The molecule has 0 aliphatic heterocycles. The minimum Gasteiger partial charge on any atom is -0.206 e. The van der Waals surface area contributed by atoms with Gasteiger partial charge in [0.15, 0.2) is 11.6 Å². The van der Waals surface area contributed by atoms with Crippen molar-refractivity contribution in [2.75, 3.05) is 0 Å². The highest BCUT2D eigenvalue weighted by molar-refractivity contribution is 5.72. The van der Waals surface area contributed by atoms with E-state index in [0.717, 1.165) is 30.2 Å². The van der Waals surface area contributed by atoms with E-state index in [-0.39, 0.29) is 11.1 Å². The summed E-state index contributed by atoms with van der Waals surface area (Å²) in [5, 5.41) is 0. The van der Waals surface area contributed by atoms with Gasteiger partial charge in [0.1, 0.15) is 11.6 Å². The van der Waals surface area contributed by atoms with Gasteiger partial charge in [0.2, 0.25) is 0 Å². The molecule has 3 rings (SSSR count). The van der Waals surface area contributed by atoms with Crippen molar-refractivity contribution in [1.29, 1.82) is 0 Å². The van der Waals surface area contributed by atoms with Crippen molar-refractivity contribution in [3.8, 4) is 22.3 Å². The molecule has 0 spiro atoms. The molecule has 0 fully saturated rings. The molecule has 0 atom stereocenters. The minimum absolute atomic E-state index is 0.0446. The van der Waals surface area contributed by atoms with Crippen LogP contribution in [0.1, 0.15) is 12.5 Å². The summed E-state index contributed by atoms with van der Waals surface area (Å²) >= 11 is 0. The van der Waals surface area contributed by atoms with E-state index >= 15 is 0 Å². The molecule has 0 aromatic heterocycles. The van der Waals surface area contributed by atoms with Gasteiger partial charge in [-0.1, -0.05) is 37.3 Å². The summed E-state index contributed by atoms with van der Waals surface area (Å²) in [5.41, 5.74) is 1.78. The van der Waals surface area contributed by atoms with Crippen molar-refractivity contribution in [3.05, 3.63) is 83.4 Å². The Morgan fingerprint density at radius 1 is 0.583 bits per heavy atom. The molecule has 0 unspecified atom stereocenters. The summed E-state index contributed by atoms with van der Waals surface area (Å²) < 4.78 is 55.1. The Morgan fingerprint density at radius 2 is 1.12 bits per heavy atom. The van der Waals surface area contributed by atoms with Crippen LogP contribution in [0.5, 0.6) is 0 Å². The van der Waals surface area contributed by atoms with Crippen molar-refractivity contribution < 1.29 is 17.6 Å². The van der Waals surface area contributed by atoms with Gasteiger partial charge in [0.05, 0.1) is 5.56 Å². The smallest absolute Gasteiger partial charge is 0.159 e. The second-order valence-electron chi connectivity index (χ2n) is 5.49. The molecule has 0 aliphatic carbocycles. The maximum absolute atomic E-state index is 14.4. The van der Waals surface area contributed by atoms with Crippen LogP contribution in [0, 0.1) is 23.3 Å². The normalized spacial score (nSPS) is 10.9. The van der Waals surface area contributed by atoms with E-state index in [4.69, 9.17) is 0 Å². The molecule has 0 saturated heterocycles. The molecule has 0 amide bonds. The second-order valence-corrected chi connectivity index (χ2v) is 5.49. The standard InChI is InChI=1S/C20H14F4/c1-2-12-3-5-13(6-4-12)15-10-18(23)20(19(24)11-15)14-7-8-16(21)17(22)9-14/h3-11H,2H2,1H3. The third-order valence-electron chi connectivity index (χ3n) is 3.95. The Morgan fingerprint density at radius 3 is 1.67 bits per heavy atom. The molecular formula is C20H14F4. The van der Waals surface area contributed by atoms with Gasteiger partial charge in [0.25, 0.3) is 0 Å². The zero-order valence-electron chi connectivity index (χ0n) is 12.9. The van der Waals surface area contributed by atoms with Crippen LogP contribution in [0.3, 0.4) is 0 Å². The summed E-state index contributed by atoms with van der Waals surface area (Å²) in [6.45, 7) is 2.02. The van der Waals surface area contributed by atoms with Crippen LogP contribution in [0.25, 0.3) is 22.3 Å². The number of hydrogen-bond donors (Lipinski definition) is 0. The minimum atomic E-state index is -1.15. The van der Waals surface area contributed by atoms with E-state index in [1.54, 1.807) is 12.1 Å². The molecule has 3 aromatic carbocycles. The fourth-order valence-electron chi connectivity index (χ4n) is 2.60. The third-order valence-corrected chi connectivity index (χ3v) is 3.95. The number of benzene rings is 3. The van der Waals surface area contributed by atoms with Crippen molar-refractivity contribution in [3.63, 3.8) is 0 Å². The molecule has 3 aromatic rings. The zero-order chi connectivity index (χ0) is 17.3. The van der Waals surface area contributed by atoms with E-state index in [1.807, 2.05) is 19.1 Å². The van der Waals surface area contributed by atoms with Gasteiger partial charge in [0, 0.05) is 0 Å². The Labute approximate surface area is 137 Å². The SMILES string of the molecule is CCc1ccc(-c2cc(F)c(-c3ccc(F)c(F)c3)c(F)c2)cc1. The highest BCUT2D eigenvalue weighted by atomic mass is 19.2. The largest absolute Gasteiger partial charge is 0.206 e. The Bertz CT molecular complexity index is 860. The molecule has 0 saturated carbocycles. The van der Waals surface area contributed by atoms with Crippen molar-refractivity contribution in [2.24, 2.45) is 0 Å². The molecule has 0 N–H and O–H groups in total. The highest BCUT2D eigenvalue weighted by Gasteiger charge is 2.16. The van der Waals surface area contributed by atoms with E-state index in [0.29, 0.717) is 11.1 Å². The summed E-state index contributed by atoms with van der Waals surface area (Å²) in [4.78, 5) is 0. The Kier molecular flexibility index (Phi) is 4.38. The molecule has 24 heavy (non-hydrogen) atoms. The predicted molar refractivity (Wildman–Crippen MR) is 86.5 cm³/mol. The Hall–Kier alpha value is -2.62. The van der Waals surface area contributed by atoms with Crippen LogP contribution < -0.4 is 0 Å². The quantitative estimate of drug-likeness (QED) is 0.506. The molecule has 122 valence electrons. The molecular weight excluding hydrogens is 316 g/mol. The van der Waals surface area contributed by atoms with E-state index in [2.05, 4.69) is 0 Å². The molecule has 0 heterocycles. The van der Waals surface area contributed by atoms with Crippen LogP contribution >= 0.6 is 0 Å². The number of halogens is 4. The lowest BCUT2D eigenvalue weighted by atomic mass is 9.98. The lowest BCUT2D eigenvalue weighted by Gasteiger charge is -2.10. The summed E-state index contributed by atoms with van der Waals surface area (Å²) in [7, 11) is 0. The van der Waals surface area contributed by atoms with Gasteiger partial charge < -0.3 is 0 Å². The number of rotatable bonds is 3. The number of hydrogen-bond acceptors (Lipinski definition) is 0. The van der Waals surface area contributed by atoms with E-state index in [9.17, 15) is 17.6 Å². The van der Waals surface area contributed by atoms with Gasteiger partial charge in [-0.15, -0.1) is 0 Å². The maximum atomic E-state index is 14.4. The maximum Gasteiger partial charge on any atom is 0.159 e. The Balaban J connectivity index is 2.06. The summed E-state index contributed by atoms with van der Waals surface area (Å²) in [5.74, 6) is -3.86. The van der Waals surface area contributed by atoms with Crippen LogP contribution in [-0.4, -0.2) is 0 Å². The van der Waals surface area contributed by atoms with Gasteiger partial charge in [-0.05, 0) is 52.9 Å². The average Bonchev–Trinajstić information content (AvgIpc) is 2.57. The fraction of sp³-hybridized carbons (Fsp3) is 0.100. The first-order valence-corrected chi connectivity index (χ1v) is 7.53. The van der Waals surface area contributed by atoms with Gasteiger partial charge >= 0.3 is 0 Å². The van der Waals surface area contributed by atoms with Crippen LogP contribution in [0.4, 0.5) is 17.6 Å². The fourth-order valence-corrected chi connectivity index (χ4v) is 2.60. The van der Waals surface area contributed by atoms with Crippen LogP contribution in [0.15, 0.2) is 54.6 Å². The second kappa shape index (κ2) is 6.48. The van der Waals surface area contributed by atoms with Crippen LogP contribution in [0.2, 0.25) is 0 Å². The first-order chi connectivity index (χ1) is 11.5. The van der Waals surface area contributed by atoms with Gasteiger partial charge in [-0.25, -0.2) is 17.6 Å². The molecule has 0 aliphatic rings. The molecule has 0 radical (unpaired) electrons. The molecule has 4 heteroatoms. The van der Waals surface area contributed by atoms with Gasteiger partial charge in [-0.2, -0.15) is 0 Å². The van der Waals surface area contributed by atoms with Gasteiger partial charge in [-0.3, -0.25) is 0 Å². The topological polar surface area (TPSA) is 0 Å². The van der Waals surface area contributed by atoms with E-state index < -0.39 is 23.3 Å². The average molecular weight is 330 g/mol. The molecule has 0 nitrogen and oxygen atoms in total. The zero-order valence-corrected chi connectivity index (χ0v) is 12.9. The highest BCUT2D eigenvalue weighted by Crippen LogP contribution is 2.31. The molecule has 0 bridgehead atoms. The summed E-state index contributed by atoms with van der Waals surface area (Å²) in [6, 6.07) is 12.6. The summed E-state index contributed by atoms with van der Waals surface area (Å²) in [6.07, 6.45) is 0.873. The van der Waals surface area contributed by atoms with Crippen LogP contribution in [-0.2, 0) is 6.42 Å². The van der Waals surface area contributed by atoms with Crippen molar-refractivity contribution >= 4 is 0 Å². The van der Waals surface area contributed by atoms with Crippen molar-refractivity contribution in [2.45, 2.75) is 13.3 Å². The van der Waals surface area contributed by atoms with E-state index in [1.165, 1.54) is 12.1 Å². The monoisotopic (exact) mass is 330 g/mol.